The van der Waals surface area contributed by atoms with E-state index < -0.39 is 29.9 Å². The van der Waals surface area contributed by atoms with Gasteiger partial charge in [-0.15, -0.1) is 0 Å². The first-order valence-corrected chi connectivity index (χ1v) is 11.0. The molecule has 0 aromatic heterocycles. The van der Waals surface area contributed by atoms with Crippen molar-refractivity contribution in [2.45, 2.75) is 31.8 Å². The lowest BCUT2D eigenvalue weighted by Crippen LogP contribution is -2.52. The summed E-state index contributed by atoms with van der Waals surface area (Å²) in [6.07, 6.45) is 14.2. The highest BCUT2D eigenvalue weighted by molar-refractivity contribution is 5.94. The van der Waals surface area contributed by atoms with Crippen molar-refractivity contribution in [3.8, 4) is 0 Å². The molecule has 6 heteroatoms. The van der Waals surface area contributed by atoms with Crippen LogP contribution in [-0.2, 0) is 27.2 Å². The number of nitrogens with one attached hydrogen (secondary N) is 2. The first-order chi connectivity index (χ1) is 16.5. The van der Waals surface area contributed by atoms with Gasteiger partial charge >= 0.3 is 5.97 Å². The van der Waals surface area contributed by atoms with E-state index in [1.807, 2.05) is 79.8 Å². The van der Waals surface area contributed by atoms with E-state index in [9.17, 15) is 19.5 Å². The van der Waals surface area contributed by atoms with E-state index in [1.54, 1.807) is 30.4 Å². The number of rotatable bonds is 12. The van der Waals surface area contributed by atoms with Crippen molar-refractivity contribution < 1.29 is 19.5 Å². The summed E-state index contributed by atoms with van der Waals surface area (Å²) in [7, 11) is 0. The van der Waals surface area contributed by atoms with Crippen LogP contribution in [0.25, 0.3) is 0 Å². The molecule has 2 aromatic carbocycles. The molecule has 0 saturated heterocycles. The Balaban J connectivity index is 2.09. The van der Waals surface area contributed by atoms with Crippen molar-refractivity contribution in [2.75, 3.05) is 0 Å². The summed E-state index contributed by atoms with van der Waals surface area (Å²) in [6, 6.07) is 16.2. The zero-order valence-corrected chi connectivity index (χ0v) is 19.1. The van der Waals surface area contributed by atoms with Crippen LogP contribution >= 0.6 is 0 Å². The third kappa shape index (κ3) is 9.96. The summed E-state index contributed by atoms with van der Waals surface area (Å²) in [5, 5.41) is 14.9. The maximum atomic E-state index is 13.0. The third-order valence-electron chi connectivity index (χ3n) is 4.81. The summed E-state index contributed by atoms with van der Waals surface area (Å²) >= 11 is 0. The second kappa shape index (κ2) is 14.8. The van der Waals surface area contributed by atoms with Gasteiger partial charge in [0.2, 0.25) is 11.8 Å². The Bertz CT molecular complexity index is 1040. The van der Waals surface area contributed by atoms with E-state index in [0.29, 0.717) is 0 Å². The van der Waals surface area contributed by atoms with E-state index in [2.05, 4.69) is 10.6 Å². The zero-order chi connectivity index (χ0) is 24.6. The van der Waals surface area contributed by atoms with Gasteiger partial charge in [0.25, 0.3) is 0 Å². The largest absolute Gasteiger partial charge is 0.480 e. The van der Waals surface area contributed by atoms with E-state index in [-0.39, 0.29) is 12.8 Å². The van der Waals surface area contributed by atoms with Gasteiger partial charge in [-0.3, -0.25) is 9.59 Å². The van der Waals surface area contributed by atoms with Crippen LogP contribution < -0.4 is 10.6 Å². The van der Waals surface area contributed by atoms with Crippen molar-refractivity contribution in [3.63, 3.8) is 0 Å². The van der Waals surface area contributed by atoms with E-state index in [0.717, 1.165) is 11.1 Å². The van der Waals surface area contributed by atoms with Gasteiger partial charge < -0.3 is 15.7 Å². The first-order valence-electron chi connectivity index (χ1n) is 11.0. The molecule has 0 spiro atoms. The van der Waals surface area contributed by atoms with Crippen molar-refractivity contribution in [3.05, 3.63) is 120 Å². The number of hydrogen-bond acceptors (Lipinski definition) is 3. The zero-order valence-electron chi connectivity index (χ0n) is 19.1. The molecule has 0 heterocycles. The highest BCUT2D eigenvalue weighted by Crippen LogP contribution is 2.07. The Morgan fingerprint density at radius 1 is 0.735 bits per heavy atom. The molecule has 0 aliphatic heterocycles. The van der Waals surface area contributed by atoms with Crippen molar-refractivity contribution in [1.82, 2.24) is 10.6 Å². The monoisotopic (exact) mass is 458 g/mol. The minimum absolute atomic E-state index is 0.138. The number of carboxylic acid groups (broad SMARTS) is 1. The predicted molar refractivity (Wildman–Crippen MR) is 134 cm³/mol. The first kappa shape index (κ1) is 26.1. The van der Waals surface area contributed by atoms with Gasteiger partial charge in [0.05, 0.1) is 0 Å². The average Bonchev–Trinajstić information content (AvgIpc) is 2.84. The maximum Gasteiger partial charge on any atom is 0.326 e. The molecule has 0 aliphatic carbocycles. The van der Waals surface area contributed by atoms with Gasteiger partial charge in [-0.25, -0.2) is 4.79 Å². The van der Waals surface area contributed by atoms with Crippen LogP contribution in [0.1, 0.15) is 18.1 Å². The van der Waals surface area contributed by atoms with Gasteiger partial charge in [0.1, 0.15) is 12.1 Å². The Morgan fingerprint density at radius 2 is 1.24 bits per heavy atom. The minimum Gasteiger partial charge on any atom is -0.480 e. The Kier molecular flexibility index (Phi) is 11.3. The Morgan fingerprint density at radius 3 is 1.76 bits per heavy atom. The highest BCUT2D eigenvalue weighted by Gasteiger charge is 2.26. The van der Waals surface area contributed by atoms with Gasteiger partial charge in [-0.05, 0) is 18.1 Å². The lowest BCUT2D eigenvalue weighted by molar-refractivity contribution is -0.142. The second-order valence-corrected chi connectivity index (χ2v) is 7.49. The molecule has 176 valence electrons. The number of carboxylic acids is 1. The molecule has 2 aromatic rings. The quantitative estimate of drug-likeness (QED) is 0.333. The summed E-state index contributed by atoms with van der Waals surface area (Å²) in [6.45, 7) is 1.92. The smallest absolute Gasteiger partial charge is 0.326 e. The van der Waals surface area contributed by atoms with Gasteiger partial charge in [-0.2, -0.15) is 0 Å². The fourth-order valence-electron chi connectivity index (χ4n) is 3.11. The van der Waals surface area contributed by atoms with Crippen molar-refractivity contribution in [2.24, 2.45) is 0 Å². The lowest BCUT2D eigenvalue weighted by atomic mass is 10.0. The van der Waals surface area contributed by atoms with Crippen LogP contribution in [0.15, 0.2) is 109 Å². The fourth-order valence-corrected chi connectivity index (χ4v) is 3.11. The highest BCUT2D eigenvalue weighted by atomic mass is 16.4. The predicted octanol–water partition coefficient (Wildman–Crippen LogP) is 3.77. The molecule has 34 heavy (non-hydrogen) atoms. The summed E-state index contributed by atoms with van der Waals surface area (Å²) in [4.78, 5) is 37.2. The molecule has 2 atom stereocenters. The molecule has 3 N–H and O–H groups in total. The van der Waals surface area contributed by atoms with Gasteiger partial charge in [-0.1, -0.05) is 103 Å². The molecule has 0 unspecified atom stereocenters. The summed E-state index contributed by atoms with van der Waals surface area (Å²) < 4.78 is 0. The number of carbonyl (C=O) groups is 3. The van der Waals surface area contributed by atoms with Crippen molar-refractivity contribution >= 4 is 17.8 Å². The molecular weight excluding hydrogens is 428 g/mol. The minimum atomic E-state index is -1.14. The molecule has 0 aliphatic rings. The molecule has 0 radical (unpaired) electrons. The summed E-state index contributed by atoms with van der Waals surface area (Å²) in [5.41, 5.74) is 1.63. The third-order valence-corrected chi connectivity index (χ3v) is 4.81. The molecule has 6 nitrogen and oxygen atoms in total. The average molecular weight is 459 g/mol. The second-order valence-electron chi connectivity index (χ2n) is 7.49. The maximum absolute atomic E-state index is 13.0. The van der Waals surface area contributed by atoms with Crippen LogP contribution in [0.5, 0.6) is 0 Å². The fraction of sp³-hybridized carbons (Fsp3) is 0.179. The van der Waals surface area contributed by atoms with E-state index in [1.165, 1.54) is 6.08 Å². The SMILES string of the molecule is C/C=C/C=C/C=C/C=C/C(=O)N[C@@H](Cc1ccccc1)C(=O)N[C@@H](Cc1ccccc1)C(=O)O. The number of amides is 2. The number of allylic oxidation sites excluding steroid dienone is 7. The standard InChI is InChI=1S/C28H30N2O4/c1-2-3-4-5-6-7-14-19-26(31)29-24(20-22-15-10-8-11-16-22)27(32)30-25(28(33)34)21-23-17-12-9-13-18-23/h2-19,24-25H,20-21H2,1H3,(H,29,31)(H,30,32)(H,33,34)/b3-2+,5-4+,7-6+,19-14+/t24-,25-/m0/s1. The van der Waals surface area contributed by atoms with Gasteiger partial charge in [0.15, 0.2) is 0 Å². The normalized spacial score (nSPS) is 13.4. The molecule has 0 fully saturated rings. The van der Waals surface area contributed by atoms with Gasteiger partial charge in [0, 0.05) is 18.9 Å². The van der Waals surface area contributed by atoms with Crippen LogP contribution in [-0.4, -0.2) is 35.0 Å². The Labute approximate surface area is 200 Å². The van der Waals surface area contributed by atoms with Crippen molar-refractivity contribution in [1.29, 1.82) is 0 Å². The number of benzene rings is 2. The lowest BCUT2D eigenvalue weighted by Gasteiger charge is -2.21. The topological polar surface area (TPSA) is 95.5 Å². The molecule has 0 saturated carbocycles. The number of aliphatic carboxylic acids is 1. The van der Waals surface area contributed by atoms with E-state index >= 15 is 0 Å². The van der Waals surface area contributed by atoms with Crippen LogP contribution in [0.3, 0.4) is 0 Å². The van der Waals surface area contributed by atoms with Crippen LogP contribution in [0.2, 0.25) is 0 Å². The molecule has 2 amide bonds. The van der Waals surface area contributed by atoms with Crippen LogP contribution in [0.4, 0.5) is 0 Å². The van der Waals surface area contributed by atoms with Crippen LogP contribution in [0, 0.1) is 0 Å². The van der Waals surface area contributed by atoms with E-state index in [4.69, 9.17) is 0 Å². The number of carbonyl (C=O) groups excluding carboxylic acids is 2. The number of hydrogen-bond donors (Lipinski definition) is 3. The summed E-state index contributed by atoms with van der Waals surface area (Å²) in [5.74, 6) is -2.15. The molecule has 0 bridgehead atoms. The Hall–Kier alpha value is -4.19. The molecular formula is C28H30N2O4. The molecule has 2 rings (SSSR count).